The van der Waals surface area contributed by atoms with E-state index in [0.29, 0.717) is 5.92 Å². The van der Waals surface area contributed by atoms with Crippen LogP contribution in [0.5, 0.6) is 0 Å². The molecule has 3 rings (SSSR count). The Morgan fingerprint density at radius 3 is 2.57 bits per heavy atom. The topological polar surface area (TPSA) is 78.9 Å². The SMILES string of the molecule is CC(C)CNC(=O)[C@H]1C[C@@H]2CN(Cc3cccc(Cl)c3)C[C@H]1O2.O=C(O)C(F)(F)F. The molecule has 2 fully saturated rings. The van der Waals surface area contributed by atoms with Crippen LogP contribution in [0.2, 0.25) is 5.02 Å². The summed E-state index contributed by atoms with van der Waals surface area (Å²) in [5.41, 5.74) is 1.21. The van der Waals surface area contributed by atoms with Crippen molar-refractivity contribution in [2.75, 3.05) is 19.6 Å². The second-order valence-electron chi connectivity index (χ2n) is 7.90. The maximum atomic E-state index is 12.4. The van der Waals surface area contributed by atoms with E-state index in [9.17, 15) is 18.0 Å². The molecule has 1 aromatic rings. The minimum Gasteiger partial charge on any atom is -0.475 e. The molecule has 168 valence electrons. The monoisotopic (exact) mass is 450 g/mol. The van der Waals surface area contributed by atoms with Gasteiger partial charge >= 0.3 is 12.1 Å². The highest BCUT2D eigenvalue weighted by Gasteiger charge is 2.44. The van der Waals surface area contributed by atoms with E-state index in [0.717, 1.165) is 37.6 Å². The lowest BCUT2D eigenvalue weighted by molar-refractivity contribution is -0.192. The first-order chi connectivity index (χ1) is 14.0. The van der Waals surface area contributed by atoms with Gasteiger partial charge in [0.15, 0.2) is 0 Å². The molecular formula is C20H26ClF3N2O4. The first-order valence-electron chi connectivity index (χ1n) is 9.65. The lowest BCUT2D eigenvalue weighted by atomic mass is 9.99. The number of nitrogens with zero attached hydrogens (tertiary/aromatic N) is 1. The van der Waals surface area contributed by atoms with Gasteiger partial charge in [0.05, 0.1) is 18.1 Å². The average Bonchev–Trinajstić information content (AvgIpc) is 2.93. The summed E-state index contributed by atoms with van der Waals surface area (Å²) in [5.74, 6) is -2.15. The third-order valence-electron chi connectivity index (χ3n) is 4.79. The number of nitrogens with one attached hydrogen (secondary N) is 1. The Bertz CT molecular complexity index is 745. The second-order valence-corrected chi connectivity index (χ2v) is 8.34. The fourth-order valence-corrected chi connectivity index (χ4v) is 3.68. The van der Waals surface area contributed by atoms with Gasteiger partial charge in [0, 0.05) is 31.2 Å². The normalized spacial score (nSPS) is 23.6. The van der Waals surface area contributed by atoms with Crippen LogP contribution in [-0.4, -0.2) is 59.9 Å². The highest BCUT2D eigenvalue weighted by atomic mass is 35.5. The molecule has 3 atom stereocenters. The maximum Gasteiger partial charge on any atom is 0.490 e. The molecule has 1 aromatic carbocycles. The average molecular weight is 451 g/mol. The number of benzene rings is 1. The van der Waals surface area contributed by atoms with Crippen LogP contribution >= 0.6 is 11.6 Å². The van der Waals surface area contributed by atoms with Gasteiger partial charge in [-0.3, -0.25) is 9.69 Å². The van der Waals surface area contributed by atoms with Crippen molar-refractivity contribution >= 4 is 23.5 Å². The van der Waals surface area contributed by atoms with E-state index in [1.165, 1.54) is 5.56 Å². The molecule has 2 N–H and O–H groups in total. The zero-order valence-corrected chi connectivity index (χ0v) is 17.5. The van der Waals surface area contributed by atoms with Gasteiger partial charge in [-0.1, -0.05) is 37.6 Å². The minimum absolute atomic E-state index is 0.0110. The van der Waals surface area contributed by atoms with Crippen molar-refractivity contribution in [2.45, 2.75) is 45.2 Å². The van der Waals surface area contributed by atoms with E-state index < -0.39 is 12.1 Å². The van der Waals surface area contributed by atoms with Crippen LogP contribution in [0.1, 0.15) is 25.8 Å². The van der Waals surface area contributed by atoms with Crippen molar-refractivity contribution in [3.8, 4) is 0 Å². The highest BCUT2D eigenvalue weighted by molar-refractivity contribution is 6.30. The molecule has 6 nitrogen and oxygen atoms in total. The number of ether oxygens (including phenoxy) is 1. The molecule has 2 aliphatic rings. The highest BCUT2D eigenvalue weighted by Crippen LogP contribution is 2.32. The van der Waals surface area contributed by atoms with Crippen molar-refractivity contribution in [1.29, 1.82) is 0 Å². The van der Waals surface area contributed by atoms with E-state index in [2.05, 4.69) is 30.1 Å². The van der Waals surface area contributed by atoms with Gasteiger partial charge in [0.25, 0.3) is 0 Å². The first kappa shape index (κ1) is 24.4. The molecule has 0 unspecified atom stereocenters. The molecule has 2 heterocycles. The van der Waals surface area contributed by atoms with Gasteiger partial charge in [-0.25, -0.2) is 4.79 Å². The fourth-order valence-electron chi connectivity index (χ4n) is 3.47. The maximum absolute atomic E-state index is 12.4. The molecule has 0 radical (unpaired) electrons. The summed E-state index contributed by atoms with van der Waals surface area (Å²) in [5, 5.41) is 10.9. The number of carbonyl (C=O) groups excluding carboxylic acids is 1. The van der Waals surface area contributed by atoms with Gasteiger partial charge in [0.1, 0.15) is 0 Å². The number of carboxylic acid groups (broad SMARTS) is 1. The number of rotatable bonds is 5. The number of alkyl halides is 3. The number of carboxylic acids is 1. The molecule has 30 heavy (non-hydrogen) atoms. The van der Waals surface area contributed by atoms with Crippen molar-refractivity contribution < 1.29 is 32.6 Å². The number of hydrogen-bond donors (Lipinski definition) is 2. The number of fused-ring (bicyclic) bond motifs is 2. The third kappa shape index (κ3) is 7.45. The van der Waals surface area contributed by atoms with E-state index in [-0.39, 0.29) is 24.0 Å². The zero-order chi connectivity index (χ0) is 22.5. The molecule has 0 spiro atoms. The number of likely N-dealkylation sites (tertiary alicyclic amines) is 1. The molecule has 2 bridgehead atoms. The second kappa shape index (κ2) is 10.5. The van der Waals surface area contributed by atoms with Crippen molar-refractivity contribution in [2.24, 2.45) is 11.8 Å². The van der Waals surface area contributed by atoms with E-state index in [4.69, 9.17) is 26.2 Å². The quantitative estimate of drug-likeness (QED) is 0.719. The Balaban J connectivity index is 0.000000396. The number of morpholine rings is 1. The Morgan fingerprint density at radius 1 is 1.33 bits per heavy atom. The predicted octanol–water partition coefficient (Wildman–Crippen LogP) is 3.33. The van der Waals surface area contributed by atoms with Crippen molar-refractivity contribution in [3.63, 3.8) is 0 Å². The number of aliphatic carboxylic acids is 1. The Hall–Kier alpha value is -1.84. The first-order valence-corrected chi connectivity index (χ1v) is 10.0. The molecule has 0 aliphatic carbocycles. The van der Waals surface area contributed by atoms with Crippen LogP contribution in [0, 0.1) is 11.8 Å². The summed E-state index contributed by atoms with van der Waals surface area (Å²) in [4.78, 5) is 23.6. The van der Waals surface area contributed by atoms with Gasteiger partial charge in [0.2, 0.25) is 5.91 Å². The Morgan fingerprint density at radius 2 is 2.00 bits per heavy atom. The third-order valence-corrected chi connectivity index (χ3v) is 5.03. The summed E-state index contributed by atoms with van der Waals surface area (Å²) in [6, 6.07) is 7.97. The molecule has 10 heteroatoms. The largest absolute Gasteiger partial charge is 0.490 e. The number of hydrogen-bond acceptors (Lipinski definition) is 4. The van der Waals surface area contributed by atoms with Crippen molar-refractivity contribution in [1.82, 2.24) is 10.2 Å². The zero-order valence-electron chi connectivity index (χ0n) is 16.8. The molecule has 2 aliphatic heterocycles. The molecule has 0 saturated carbocycles. The summed E-state index contributed by atoms with van der Waals surface area (Å²) < 4.78 is 37.7. The summed E-state index contributed by atoms with van der Waals surface area (Å²) >= 11 is 6.06. The van der Waals surface area contributed by atoms with Gasteiger partial charge in [-0.15, -0.1) is 0 Å². The van der Waals surface area contributed by atoms with Gasteiger partial charge in [-0.05, 0) is 30.0 Å². The van der Waals surface area contributed by atoms with Crippen LogP contribution in [0.3, 0.4) is 0 Å². The van der Waals surface area contributed by atoms with Crippen LogP contribution in [0.15, 0.2) is 24.3 Å². The van der Waals surface area contributed by atoms with Gasteiger partial charge in [-0.2, -0.15) is 13.2 Å². The van der Waals surface area contributed by atoms with Crippen LogP contribution in [-0.2, 0) is 20.9 Å². The number of amides is 1. The number of carbonyl (C=O) groups is 2. The van der Waals surface area contributed by atoms with Crippen molar-refractivity contribution in [3.05, 3.63) is 34.9 Å². The fraction of sp³-hybridized carbons (Fsp3) is 0.600. The Labute approximate surface area is 178 Å². The molecule has 1 amide bonds. The van der Waals surface area contributed by atoms with E-state index >= 15 is 0 Å². The Kier molecular flexibility index (Phi) is 8.52. The van der Waals surface area contributed by atoms with Crippen LogP contribution < -0.4 is 5.32 Å². The van der Waals surface area contributed by atoms with Gasteiger partial charge < -0.3 is 15.2 Å². The molecule has 2 saturated heterocycles. The van der Waals surface area contributed by atoms with E-state index in [1.54, 1.807) is 0 Å². The molecular weight excluding hydrogens is 425 g/mol. The summed E-state index contributed by atoms with van der Waals surface area (Å²) in [6.45, 7) is 7.50. The minimum atomic E-state index is -5.08. The summed E-state index contributed by atoms with van der Waals surface area (Å²) in [7, 11) is 0. The smallest absolute Gasteiger partial charge is 0.475 e. The van der Waals surface area contributed by atoms with E-state index in [1.807, 2.05) is 18.2 Å². The standard InChI is InChI=1S/C18H25ClN2O2.C2HF3O2/c1-12(2)8-20-18(22)16-7-15-10-21(11-17(16)23-15)9-13-4-3-5-14(19)6-13;3-2(4,5)1(6)7/h3-6,12,15-17H,7-11H2,1-2H3,(H,20,22);(H,6,7)/t15-,16+,17-;/m1./s1. The lowest BCUT2D eigenvalue weighted by Gasteiger charge is -2.32. The molecule has 0 aromatic heterocycles. The predicted molar refractivity (Wildman–Crippen MR) is 105 cm³/mol. The van der Waals surface area contributed by atoms with Crippen LogP contribution in [0.25, 0.3) is 0 Å². The number of halogens is 4. The van der Waals surface area contributed by atoms with Crippen LogP contribution in [0.4, 0.5) is 13.2 Å². The summed E-state index contributed by atoms with van der Waals surface area (Å²) in [6.07, 6.45) is -4.07. The lowest BCUT2D eigenvalue weighted by Crippen LogP contribution is -2.45.